The van der Waals surface area contributed by atoms with Crippen molar-refractivity contribution in [3.63, 3.8) is 0 Å². The van der Waals surface area contributed by atoms with Gasteiger partial charge in [-0.05, 0) is 18.9 Å². The van der Waals surface area contributed by atoms with Gasteiger partial charge in [-0.25, -0.2) is 4.39 Å². The molecule has 0 atom stereocenters. The van der Waals surface area contributed by atoms with E-state index in [1.807, 2.05) is 6.08 Å². The van der Waals surface area contributed by atoms with Gasteiger partial charge in [-0.1, -0.05) is 24.3 Å². The van der Waals surface area contributed by atoms with Gasteiger partial charge in [0.05, 0.1) is 13.7 Å². The fraction of sp³-hybridized carbons (Fsp3) is 0.250. The van der Waals surface area contributed by atoms with Crippen molar-refractivity contribution >= 4 is 11.8 Å². The molecule has 0 aromatic heterocycles. The van der Waals surface area contributed by atoms with Crippen LogP contribution in [0.5, 0.6) is 5.75 Å². The first-order chi connectivity index (χ1) is 10.1. The number of methoxy groups -OCH3 is 1. The lowest BCUT2D eigenvalue weighted by atomic mass is 10.00. The molecule has 1 heterocycles. The van der Waals surface area contributed by atoms with Gasteiger partial charge in [-0.3, -0.25) is 14.5 Å². The molecule has 0 unspecified atom stereocenters. The van der Waals surface area contributed by atoms with Gasteiger partial charge in [-0.15, -0.1) is 0 Å². The summed E-state index contributed by atoms with van der Waals surface area (Å²) in [5.41, 5.74) is 1.24. The lowest BCUT2D eigenvalue weighted by molar-refractivity contribution is -0.138. The van der Waals surface area contributed by atoms with E-state index in [0.29, 0.717) is 17.6 Å². The molecule has 3 rings (SSSR count). The minimum absolute atomic E-state index is 0.0818. The molecule has 0 spiro atoms. The standard InChI is InChI=1S/C16H14FNO3/c1-21-13-8-4-5-10(14(13)17)9-18-15(19)11-6-2-3-7-12(11)16(18)20/h2,4-6,8H,3,7,9H2,1H3. The predicted octanol–water partition coefficient (Wildman–Crippen LogP) is 2.35. The zero-order chi connectivity index (χ0) is 15.0. The number of allylic oxidation sites excluding steroid dienone is 1. The molecule has 0 N–H and O–H groups in total. The van der Waals surface area contributed by atoms with E-state index in [4.69, 9.17) is 4.74 Å². The third kappa shape index (κ3) is 2.14. The molecule has 0 saturated heterocycles. The van der Waals surface area contributed by atoms with Gasteiger partial charge in [-0.2, -0.15) is 0 Å². The third-order valence-electron chi connectivity index (χ3n) is 3.74. The minimum atomic E-state index is -0.541. The Bertz CT molecular complexity index is 691. The van der Waals surface area contributed by atoms with Crippen molar-refractivity contribution in [2.45, 2.75) is 19.4 Å². The molecule has 5 heteroatoms. The largest absolute Gasteiger partial charge is 0.494 e. The highest BCUT2D eigenvalue weighted by Gasteiger charge is 2.37. The summed E-state index contributed by atoms with van der Waals surface area (Å²) in [7, 11) is 1.37. The van der Waals surface area contributed by atoms with Crippen molar-refractivity contribution in [3.05, 3.63) is 52.9 Å². The molecule has 21 heavy (non-hydrogen) atoms. The second kappa shape index (κ2) is 5.16. The van der Waals surface area contributed by atoms with Gasteiger partial charge in [0.25, 0.3) is 11.8 Å². The van der Waals surface area contributed by atoms with Gasteiger partial charge >= 0.3 is 0 Å². The number of carbonyl (C=O) groups is 2. The van der Waals surface area contributed by atoms with Crippen molar-refractivity contribution in [1.29, 1.82) is 0 Å². The van der Waals surface area contributed by atoms with Gasteiger partial charge in [0.15, 0.2) is 11.6 Å². The van der Waals surface area contributed by atoms with Crippen LogP contribution in [0.1, 0.15) is 18.4 Å². The number of imide groups is 1. The zero-order valence-electron chi connectivity index (χ0n) is 11.6. The molecule has 0 saturated carbocycles. The molecule has 108 valence electrons. The van der Waals surface area contributed by atoms with Gasteiger partial charge in [0.2, 0.25) is 0 Å². The average molecular weight is 287 g/mol. The molecule has 1 aromatic carbocycles. The molecule has 1 aromatic rings. The topological polar surface area (TPSA) is 46.6 Å². The van der Waals surface area contributed by atoms with Crippen molar-refractivity contribution in [1.82, 2.24) is 4.90 Å². The maximum absolute atomic E-state index is 14.1. The second-order valence-corrected chi connectivity index (χ2v) is 4.96. The highest BCUT2D eigenvalue weighted by atomic mass is 19.1. The maximum atomic E-state index is 14.1. The molecule has 2 amide bonds. The number of benzene rings is 1. The molecule has 1 aliphatic heterocycles. The number of ether oxygens (including phenoxy) is 1. The van der Waals surface area contributed by atoms with Crippen molar-refractivity contribution in [2.75, 3.05) is 7.11 Å². The Kier molecular flexibility index (Phi) is 3.33. The van der Waals surface area contributed by atoms with Crippen LogP contribution >= 0.6 is 0 Å². The fourth-order valence-electron chi connectivity index (χ4n) is 2.64. The molecular weight excluding hydrogens is 273 g/mol. The SMILES string of the molecule is COc1cccc(CN2C(=O)C3=C(CCC=C3)C2=O)c1F. The Balaban J connectivity index is 1.89. The smallest absolute Gasteiger partial charge is 0.261 e. The second-order valence-electron chi connectivity index (χ2n) is 4.96. The van der Waals surface area contributed by atoms with Crippen molar-refractivity contribution in [3.8, 4) is 5.75 Å². The highest BCUT2D eigenvalue weighted by molar-refractivity contribution is 6.20. The van der Waals surface area contributed by atoms with E-state index in [-0.39, 0.29) is 29.7 Å². The number of nitrogens with zero attached hydrogens (tertiary/aromatic N) is 1. The fourth-order valence-corrected chi connectivity index (χ4v) is 2.64. The first kappa shape index (κ1) is 13.5. The van der Waals surface area contributed by atoms with E-state index in [0.717, 1.165) is 11.3 Å². The third-order valence-corrected chi connectivity index (χ3v) is 3.74. The van der Waals surface area contributed by atoms with Crippen LogP contribution in [0.4, 0.5) is 4.39 Å². The maximum Gasteiger partial charge on any atom is 0.261 e. The summed E-state index contributed by atoms with van der Waals surface area (Å²) in [5, 5.41) is 0. The number of hydrogen-bond acceptors (Lipinski definition) is 3. The summed E-state index contributed by atoms with van der Waals surface area (Å²) in [6, 6.07) is 4.68. The Morgan fingerprint density at radius 1 is 1.29 bits per heavy atom. The summed E-state index contributed by atoms with van der Waals surface area (Å²) in [6.45, 7) is -0.0818. The van der Waals surface area contributed by atoms with Crippen LogP contribution in [-0.2, 0) is 16.1 Å². The normalized spacial score (nSPS) is 17.5. The van der Waals surface area contributed by atoms with E-state index < -0.39 is 5.82 Å². The summed E-state index contributed by atoms with van der Waals surface area (Å²) in [5.74, 6) is -1.11. The van der Waals surface area contributed by atoms with Crippen LogP contribution in [0.25, 0.3) is 0 Å². The number of hydrogen-bond donors (Lipinski definition) is 0. The monoisotopic (exact) mass is 287 g/mol. The average Bonchev–Trinajstić information content (AvgIpc) is 2.75. The van der Waals surface area contributed by atoms with Crippen molar-refractivity contribution < 1.29 is 18.7 Å². The summed E-state index contributed by atoms with van der Waals surface area (Å²) in [6.07, 6.45) is 4.87. The Morgan fingerprint density at radius 2 is 2.10 bits per heavy atom. The van der Waals surface area contributed by atoms with Gasteiger partial charge < -0.3 is 4.74 Å². The van der Waals surface area contributed by atoms with Gasteiger partial charge in [0, 0.05) is 16.7 Å². The Labute approximate surface area is 121 Å². The van der Waals surface area contributed by atoms with Crippen LogP contribution in [0.3, 0.4) is 0 Å². The quantitative estimate of drug-likeness (QED) is 0.802. The van der Waals surface area contributed by atoms with Crippen LogP contribution in [0, 0.1) is 5.82 Å². The number of halogens is 1. The van der Waals surface area contributed by atoms with Crippen LogP contribution < -0.4 is 4.74 Å². The van der Waals surface area contributed by atoms with Crippen LogP contribution in [0.2, 0.25) is 0 Å². The van der Waals surface area contributed by atoms with E-state index in [9.17, 15) is 14.0 Å². The molecule has 0 radical (unpaired) electrons. The minimum Gasteiger partial charge on any atom is -0.494 e. The molecular formula is C16H14FNO3. The first-order valence-corrected chi connectivity index (χ1v) is 6.70. The molecule has 1 aliphatic carbocycles. The van der Waals surface area contributed by atoms with Crippen LogP contribution in [-0.4, -0.2) is 23.8 Å². The number of amides is 2. The predicted molar refractivity (Wildman–Crippen MR) is 73.9 cm³/mol. The van der Waals surface area contributed by atoms with E-state index >= 15 is 0 Å². The Morgan fingerprint density at radius 3 is 2.81 bits per heavy atom. The zero-order valence-corrected chi connectivity index (χ0v) is 11.6. The number of rotatable bonds is 3. The van der Waals surface area contributed by atoms with Crippen LogP contribution in [0.15, 0.2) is 41.5 Å². The lowest BCUT2D eigenvalue weighted by Crippen LogP contribution is -2.31. The summed E-state index contributed by atoms with van der Waals surface area (Å²) >= 11 is 0. The van der Waals surface area contributed by atoms with E-state index in [2.05, 4.69) is 0 Å². The van der Waals surface area contributed by atoms with Crippen molar-refractivity contribution in [2.24, 2.45) is 0 Å². The van der Waals surface area contributed by atoms with Gasteiger partial charge in [0.1, 0.15) is 0 Å². The molecule has 0 bridgehead atoms. The molecule has 0 fully saturated rings. The first-order valence-electron chi connectivity index (χ1n) is 6.70. The molecule has 4 nitrogen and oxygen atoms in total. The Hall–Kier alpha value is -2.43. The number of carbonyl (C=O) groups excluding carboxylic acids is 2. The molecule has 2 aliphatic rings. The highest BCUT2D eigenvalue weighted by Crippen LogP contribution is 2.31. The lowest BCUT2D eigenvalue weighted by Gasteiger charge is -2.16. The van der Waals surface area contributed by atoms with E-state index in [1.54, 1.807) is 18.2 Å². The van der Waals surface area contributed by atoms with E-state index in [1.165, 1.54) is 13.2 Å². The summed E-state index contributed by atoms with van der Waals surface area (Å²) < 4.78 is 19.1. The summed E-state index contributed by atoms with van der Waals surface area (Å²) in [4.78, 5) is 25.6.